The summed E-state index contributed by atoms with van der Waals surface area (Å²) < 4.78 is 0. The SMILES string of the molecule is O=C(c1ccccc1)[C@H]1CNCC[C@@]1(O)c1ccccc1. The summed E-state index contributed by atoms with van der Waals surface area (Å²) in [5.74, 6) is -0.467. The quantitative estimate of drug-likeness (QED) is 0.849. The molecular formula is C18H19NO2. The Morgan fingerprint density at radius 2 is 1.67 bits per heavy atom. The third-order valence-corrected chi connectivity index (χ3v) is 4.26. The summed E-state index contributed by atoms with van der Waals surface area (Å²) in [4.78, 5) is 12.8. The molecule has 2 aromatic carbocycles. The fraction of sp³-hybridized carbons (Fsp3) is 0.278. The molecule has 0 spiro atoms. The second-order valence-electron chi connectivity index (χ2n) is 5.53. The summed E-state index contributed by atoms with van der Waals surface area (Å²) in [6, 6.07) is 18.7. The number of carbonyl (C=O) groups is 1. The van der Waals surface area contributed by atoms with Crippen LogP contribution in [0.5, 0.6) is 0 Å². The third kappa shape index (κ3) is 2.62. The molecule has 0 amide bonds. The molecule has 0 saturated carbocycles. The van der Waals surface area contributed by atoms with Crippen LogP contribution in [0.15, 0.2) is 60.7 Å². The van der Waals surface area contributed by atoms with Gasteiger partial charge in [-0.05, 0) is 18.5 Å². The lowest BCUT2D eigenvalue weighted by atomic mass is 9.73. The van der Waals surface area contributed by atoms with Crippen LogP contribution in [0.1, 0.15) is 22.3 Å². The van der Waals surface area contributed by atoms with E-state index in [1.165, 1.54) is 0 Å². The first-order valence-corrected chi connectivity index (χ1v) is 7.30. The zero-order valence-electron chi connectivity index (χ0n) is 11.8. The Morgan fingerprint density at radius 1 is 1.05 bits per heavy atom. The summed E-state index contributed by atoms with van der Waals surface area (Å²) >= 11 is 0. The van der Waals surface area contributed by atoms with Crippen molar-refractivity contribution in [3.63, 3.8) is 0 Å². The Hall–Kier alpha value is -1.97. The van der Waals surface area contributed by atoms with Crippen molar-refractivity contribution in [2.45, 2.75) is 12.0 Å². The minimum Gasteiger partial charge on any atom is -0.384 e. The van der Waals surface area contributed by atoms with Crippen molar-refractivity contribution in [1.82, 2.24) is 5.32 Å². The van der Waals surface area contributed by atoms with Gasteiger partial charge in [0.25, 0.3) is 0 Å². The van der Waals surface area contributed by atoms with Gasteiger partial charge in [-0.25, -0.2) is 0 Å². The van der Waals surface area contributed by atoms with Gasteiger partial charge in [0.15, 0.2) is 5.78 Å². The van der Waals surface area contributed by atoms with Crippen LogP contribution in [-0.2, 0) is 5.60 Å². The van der Waals surface area contributed by atoms with Crippen LogP contribution >= 0.6 is 0 Å². The van der Waals surface area contributed by atoms with Crippen molar-refractivity contribution in [2.75, 3.05) is 13.1 Å². The van der Waals surface area contributed by atoms with Gasteiger partial charge in [0.1, 0.15) is 5.60 Å². The third-order valence-electron chi connectivity index (χ3n) is 4.26. The number of hydrogen-bond acceptors (Lipinski definition) is 3. The van der Waals surface area contributed by atoms with E-state index >= 15 is 0 Å². The molecule has 2 atom stereocenters. The number of nitrogens with one attached hydrogen (secondary N) is 1. The number of benzene rings is 2. The van der Waals surface area contributed by atoms with Gasteiger partial charge in [-0.2, -0.15) is 0 Å². The highest BCUT2D eigenvalue weighted by atomic mass is 16.3. The topological polar surface area (TPSA) is 49.3 Å². The zero-order chi connectivity index (χ0) is 14.7. The van der Waals surface area contributed by atoms with Gasteiger partial charge < -0.3 is 10.4 Å². The van der Waals surface area contributed by atoms with Crippen LogP contribution in [0.4, 0.5) is 0 Å². The van der Waals surface area contributed by atoms with Gasteiger partial charge in [-0.3, -0.25) is 4.79 Å². The van der Waals surface area contributed by atoms with Crippen molar-refractivity contribution in [1.29, 1.82) is 0 Å². The Kier molecular flexibility index (Phi) is 3.86. The van der Waals surface area contributed by atoms with Gasteiger partial charge in [0.05, 0.1) is 5.92 Å². The molecular weight excluding hydrogens is 262 g/mol. The van der Waals surface area contributed by atoms with Crippen molar-refractivity contribution < 1.29 is 9.90 Å². The molecule has 1 saturated heterocycles. The lowest BCUT2D eigenvalue weighted by Crippen LogP contribution is -2.51. The molecule has 3 heteroatoms. The van der Waals surface area contributed by atoms with Crippen molar-refractivity contribution in [3.05, 3.63) is 71.8 Å². The first-order chi connectivity index (χ1) is 10.2. The molecule has 3 nitrogen and oxygen atoms in total. The van der Waals surface area contributed by atoms with E-state index in [0.29, 0.717) is 25.1 Å². The molecule has 21 heavy (non-hydrogen) atoms. The summed E-state index contributed by atoms with van der Waals surface area (Å²) in [5.41, 5.74) is 0.376. The number of hydrogen-bond donors (Lipinski definition) is 2. The maximum atomic E-state index is 12.8. The lowest BCUT2D eigenvalue weighted by Gasteiger charge is -2.40. The normalized spacial score (nSPS) is 25.5. The van der Waals surface area contributed by atoms with Gasteiger partial charge in [-0.15, -0.1) is 0 Å². The van der Waals surface area contributed by atoms with E-state index in [1.807, 2.05) is 60.7 Å². The van der Waals surface area contributed by atoms with Gasteiger partial charge in [0, 0.05) is 12.1 Å². The summed E-state index contributed by atoms with van der Waals surface area (Å²) in [5, 5.41) is 14.4. The van der Waals surface area contributed by atoms with Gasteiger partial charge >= 0.3 is 0 Å². The maximum Gasteiger partial charge on any atom is 0.170 e. The lowest BCUT2D eigenvalue weighted by molar-refractivity contribution is -0.0348. The molecule has 2 N–H and O–H groups in total. The Balaban J connectivity index is 1.97. The second-order valence-corrected chi connectivity index (χ2v) is 5.53. The molecule has 0 radical (unpaired) electrons. The summed E-state index contributed by atoms with van der Waals surface area (Å²) in [6.07, 6.45) is 0.542. The van der Waals surface area contributed by atoms with E-state index in [2.05, 4.69) is 5.32 Å². The average molecular weight is 281 g/mol. The van der Waals surface area contributed by atoms with Gasteiger partial charge in [0.2, 0.25) is 0 Å². The van der Waals surface area contributed by atoms with E-state index in [9.17, 15) is 9.90 Å². The molecule has 1 fully saturated rings. The fourth-order valence-electron chi connectivity index (χ4n) is 3.05. The van der Waals surface area contributed by atoms with Crippen LogP contribution in [0.2, 0.25) is 0 Å². The Labute approximate surface area is 124 Å². The van der Waals surface area contributed by atoms with E-state index in [4.69, 9.17) is 0 Å². The van der Waals surface area contributed by atoms with E-state index in [0.717, 1.165) is 5.56 Å². The van der Waals surface area contributed by atoms with Crippen molar-refractivity contribution in [2.24, 2.45) is 5.92 Å². The molecule has 1 aliphatic heterocycles. The minimum atomic E-state index is -1.10. The largest absolute Gasteiger partial charge is 0.384 e. The molecule has 1 aliphatic rings. The maximum absolute atomic E-state index is 12.8. The van der Waals surface area contributed by atoms with Crippen molar-refractivity contribution >= 4 is 5.78 Å². The second kappa shape index (κ2) is 5.80. The smallest absolute Gasteiger partial charge is 0.170 e. The summed E-state index contributed by atoms with van der Waals surface area (Å²) in [7, 11) is 0. The molecule has 2 aromatic rings. The van der Waals surface area contributed by atoms with Crippen LogP contribution in [0.3, 0.4) is 0 Å². The molecule has 0 unspecified atom stereocenters. The number of Topliss-reactive ketones (excluding diaryl/α,β-unsaturated/α-hetero) is 1. The Morgan fingerprint density at radius 3 is 2.33 bits per heavy atom. The number of piperidine rings is 1. The first kappa shape index (κ1) is 14.0. The zero-order valence-corrected chi connectivity index (χ0v) is 11.8. The van der Waals surface area contributed by atoms with E-state index in [1.54, 1.807) is 0 Å². The minimum absolute atomic E-state index is 0.00541. The molecule has 1 heterocycles. The number of carbonyl (C=O) groups excluding carboxylic acids is 1. The number of ketones is 1. The van der Waals surface area contributed by atoms with E-state index in [-0.39, 0.29) is 5.78 Å². The van der Waals surface area contributed by atoms with E-state index < -0.39 is 11.5 Å². The number of rotatable bonds is 3. The molecule has 0 bridgehead atoms. The van der Waals surface area contributed by atoms with Crippen LogP contribution in [0.25, 0.3) is 0 Å². The highest BCUT2D eigenvalue weighted by Gasteiger charge is 2.44. The van der Waals surface area contributed by atoms with Crippen molar-refractivity contribution in [3.8, 4) is 0 Å². The molecule has 0 aliphatic carbocycles. The predicted octanol–water partition coefficient (Wildman–Crippen LogP) is 2.37. The fourth-order valence-corrected chi connectivity index (χ4v) is 3.05. The van der Waals surface area contributed by atoms with Gasteiger partial charge in [-0.1, -0.05) is 60.7 Å². The molecule has 108 valence electrons. The monoisotopic (exact) mass is 281 g/mol. The molecule has 3 rings (SSSR count). The standard InChI is InChI=1S/C18H19NO2/c20-17(14-7-3-1-4-8-14)16-13-19-12-11-18(16,21)15-9-5-2-6-10-15/h1-10,16,19,21H,11-13H2/t16-,18-/m1/s1. The van der Waals surface area contributed by atoms with Crippen LogP contribution in [-0.4, -0.2) is 24.0 Å². The predicted molar refractivity (Wildman–Crippen MR) is 82.1 cm³/mol. The average Bonchev–Trinajstić information content (AvgIpc) is 2.56. The number of aliphatic hydroxyl groups is 1. The first-order valence-electron chi connectivity index (χ1n) is 7.30. The van der Waals surface area contributed by atoms with Crippen LogP contribution < -0.4 is 5.32 Å². The molecule has 0 aromatic heterocycles. The summed E-state index contributed by atoms with van der Waals surface area (Å²) in [6.45, 7) is 1.21. The van der Waals surface area contributed by atoms with Crippen LogP contribution in [0, 0.1) is 5.92 Å². The highest BCUT2D eigenvalue weighted by Crippen LogP contribution is 2.36. The highest BCUT2D eigenvalue weighted by molar-refractivity contribution is 5.98. The Bertz CT molecular complexity index is 612.